The Morgan fingerprint density at radius 3 is 2.07 bits per heavy atom. The molecule has 2 nitrogen and oxygen atoms in total. The Morgan fingerprint density at radius 2 is 1.60 bits per heavy atom. The van der Waals surface area contributed by atoms with Gasteiger partial charge in [0, 0.05) is 9.80 Å². The fraction of sp³-hybridized carbons (Fsp3) is 0.455. The van der Waals surface area contributed by atoms with E-state index in [1.54, 1.807) is 0 Å². The van der Waals surface area contributed by atoms with Crippen LogP contribution in [0, 0.1) is 0 Å². The maximum atomic E-state index is 5.52. The van der Waals surface area contributed by atoms with Crippen molar-refractivity contribution >= 4 is 31.9 Å². The second-order valence-corrected chi connectivity index (χ2v) is 4.31. The molecule has 15 heavy (non-hydrogen) atoms. The lowest BCUT2D eigenvalue weighted by molar-refractivity contribution is 0.287. The lowest BCUT2D eigenvalue weighted by Crippen LogP contribution is -1.99. The number of halogens is 2. The molecule has 84 valence electrons. The molecule has 0 heterocycles. The van der Waals surface area contributed by atoms with Crippen LogP contribution in [-0.4, -0.2) is 13.2 Å². The zero-order chi connectivity index (χ0) is 11.3. The summed E-state index contributed by atoms with van der Waals surface area (Å²) in [6.45, 7) is 5.21. The molecule has 0 fully saturated rings. The number of hydrogen-bond donors (Lipinski definition) is 0. The predicted molar refractivity (Wildman–Crippen MR) is 69.1 cm³/mol. The molecule has 0 aliphatic heterocycles. The molecular formula is C11H14Br2O2. The highest BCUT2D eigenvalue weighted by atomic mass is 79.9. The third kappa shape index (κ3) is 3.38. The Balaban J connectivity index is 3.07. The van der Waals surface area contributed by atoms with Crippen molar-refractivity contribution in [3.63, 3.8) is 0 Å². The average Bonchev–Trinajstić information content (AvgIpc) is 2.22. The average molecular weight is 338 g/mol. The maximum absolute atomic E-state index is 5.52. The molecule has 0 bridgehead atoms. The maximum Gasteiger partial charge on any atom is 0.162 e. The van der Waals surface area contributed by atoms with Crippen molar-refractivity contribution < 1.29 is 9.47 Å². The van der Waals surface area contributed by atoms with Gasteiger partial charge in [0.25, 0.3) is 0 Å². The lowest BCUT2D eigenvalue weighted by atomic mass is 10.2. The fourth-order valence-corrected chi connectivity index (χ4v) is 2.52. The third-order valence-electron chi connectivity index (χ3n) is 1.86. The summed E-state index contributed by atoms with van der Waals surface area (Å²) in [5.74, 6) is 1.59. The van der Waals surface area contributed by atoms with E-state index in [1.807, 2.05) is 26.0 Å². The van der Waals surface area contributed by atoms with E-state index in [1.165, 1.54) is 0 Å². The molecule has 0 saturated carbocycles. The van der Waals surface area contributed by atoms with Crippen LogP contribution in [0.3, 0.4) is 0 Å². The molecule has 1 aromatic carbocycles. The molecule has 0 saturated heterocycles. The van der Waals surface area contributed by atoms with Crippen LogP contribution in [0.2, 0.25) is 0 Å². The summed E-state index contributed by atoms with van der Waals surface area (Å²) in [5.41, 5.74) is 1.15. The summed E-state index contributed by atoms with van der Waals surface area (Å²) in [4.78, 5) is 0. The molecule has 1 rings (SSSR count). The normalized spacial score (nSPS) is 10.1. The summed E-state index contributed by atoms with van der Waals surface area (Å²) in [5, 5.41) is 0.792. The quantitative estimate of drug-likeness (QED) is 0.752. The van der Waals surface area contributed by atoms with E-state index in [9.17, 15) is 0 Å². The fourth-order valence-electron chi connectivity index (χ4n) is 1.22. The molecule has 1 aromatic rings. The standard InChI is InChI=1S/C11H14Br2O2/c1-3-14-10-5-8(7-12)9(13)6-11(10)15-4-2/h5-6H,3-4,7H2,1-2H3. The summed E-state index contributed by atoms with van der Waals surface area (Å²) in [7, 11) is 0. The van der Waals surface area contributed by atoms with E-state index >= 15 is 0 Å². The van der Waals surface area contributed by atoms with Gasteiger partial charge in [0.2, 0.25) is 0 Å². The van der Waals surface area contributed by atoms with Gasteiger partial charge in [-0.3, -0.25) is 0 Å². The first-order valence-electron chi connectivity index (χ1n) is 4.86. The highest BCUT2D eigenvalue weighted by Crippen LogP contribution is 2.34. The van der Waals surface area contributed by atoms with Crippen LogP contribution >= 0.6 is 31.9 Å². The molecule has 0 atom stereocenters. The number of alkyl halides is 1. The minimum Gasteiger partial charge on any atom is -0.490 e. The van der Waals surface area contributed by atoms with Crippen molar-refractivity contribution in [3.8, 4) is 11.5 Å². The van der Waals surface area contributed by atoms with Crippen molar-refractivity contribution in [2.24, 2.45) is 0 Å². The van der Waals surface area contributed by atoms with Crippen LogP contribution in [0.5, 0.6) is 11.5 Å². The van der Waals surface area contributed by atoms with Gasteiger partial charge in [-0.2, -0.15) is 0 Å². The van der Waals surface area contributed by atoms with E-state index in [2.05, 4.69) is 31.9 Å². The van der Waals surface area contributed by atoms with E-state index < -0.39 is 0 Å². The molecule has 0 aliphatic carbocycles. The summed E-state index contributed by atoms with van der Waals surface area (Å²) >= 11 is 6.93. The number of benzene rings is 1. The zero-order valence-corrected chi connectivity index (χ0v) is 12.0. The summed E-state index contributed by atoms with van der Waals surface area (Å²) in [6, 6.07) is 3.94. The van der Waals surface area contributed by atoms with Crippen LogP contribution < -0.4 is 9.47 Å². The first kappa shape index (κ1) is 12.8. The van der Waals surface area contributed by atoms with Crippen LogP contribution in [0.15, 0.2) is 16.6 Å². The van der Waals surface area contributed by atoms with Gasteiger partial charge in [-0.15, -0.1) is 0 Å². The smallest absolute Gasteiger partial charge is 0.162 e. The topological polar surface area (TPSA) is 18.5 Å². The minimum atomic E-state index is 0.639. The van der Waals surface area contributed by atoms with Gasteiger partial charge < -0.3 is 9.47 Å². The van der Waals surface area contributed by atoms with Crippen LogP contribution in [0.4, 0.5) is 0 Å². The van der Waals surface area contributed by atoms with Crippen molar-refractivity contribution in [1.82, 2.24) is 0 Å². The van der Waals surface area contributed by atoms with Gasteiger partial charge in [-0.05, 0) is 31.5 Å². The van der Waals surface area contributed by atoms with Crippen LogP contribution in [-0.2, 0) is 5.33 Å². The van der Waals surface area contributed by atoms with Crippen molar-refractivity contribution in [1.29, 1.82) is 0 Å². The molecule has 0 unspecified atom stereocenters. The SMILES string of the molecule is CCOc1cc(Br)c(CBr)cc1OCC. The summed E-state index contributed by atoms with van der Waals surface area (Å²) in [6.07, 6.45) is 0. The monoisotopic (exact) mass is 336 g/mol. The van der Waals surface area contributed by atoms with Crippen molar-refractivity contribution in [3.05, 3.63) is 22.2 Å². The van der Waals surface area contributed by atoms with E-state index in [-0.39, 0.29) is 0 Å². The predicted octanol–water partition coefficient (Wildman–Crippen LogP) is 4.14. The molecule has 0 aliphatic rings. The van der Waals surface area contributed by atoms with Gasteiger partial charge in [0.15, 0.2) is 11.5 Å². The molecule has 0 N–H and O–H groups in total. The molecular weight excluding hydrogens is 324 g/mol. The largest absolute Gasteiger partial charge is 0.490 e. The van der Waals surface area contributed by atoms with Crippen molar-refractivity contribution in [2.75, 3.05) is 13.2 Å². The van der Waals surface area contributed by atoms with E-state index in [0.717, 1.165) is 26.9 Å². The van der Waals surface area contributed by atoms with Crippen LogP contribution in [0.1, 0.15) is 19.4 Å². The zero-order valence-electron chi connectivity index (χ0n) is 8.85. The van der Waals surface area contributed by atoms with Crippen LogP contribution in [0.25, 0.3) is 0 Å². The first-order valence-corrected chi connectivity index (χ1v) is 6.78. The highest BCUT2D eigenvalue weighted by molar-refractivity contribution is 9.10. The molecule has 0 radical (unpaired) electrons. The Hall–Kier alpha value is -0.220. The lowest BCUT2D eigenvalue weighted by Gasteiger charge is -2.13. The minimum absolute atomic E-state index is 0.639. The van der Waals surface area contributed by atoms with E-state index in [0.29, 0.717) is 13.2 Å². The van der Waals surface area contributed by atoms with Gasteiger partial charge in [0.05, 0.1) is 13.2 Å². The Bertz CT molecular complexity index is 327. The van der Waals surface area contributed by atoms with Gasteiger partial charge in [0.1, 0.15) is 0 Å². The van der Waals surface area contributed by atoms with Gasteiger partial charge in [-0.25, -0.2) is 0 Å². The second kappa shape index (κ2) is 6.38. The Kier molecular flexibility index (Phi) is 5.47. The van der Waals surface area contributed by atoms with Gasteiger partial charge >= 0.3 is 0 Å². The molecule has 4 heteroatoms. The van der Waals surface area contributed by atoms with Gasteiger partial charge in [-0.1, -0.05) is 31.9 Å². The Labute approximate surface area is 107 Å². The number of rotatable bonds is 5. The first-order chi connectivity index (χ1) is 7.22. The molecule has 0 aromatic heterocycles. The van der Waals surface area contributed by atoms with Crippen molar-refractivity contribution in [2.45, 2.75) is 19.2 Å². The third-order valence-corrected chi connectivity index (χ3v) is 3.20. The highest BCUT2D eigenvalue weighted by Gasteiger charge is 2.09. The molecule has 0 spiro atoms. The molecule has 0 amide bonds. The number of ether oxygens (including phenoxy) is 2. The second-order valence-electron chi connectivity index (χ2n) is 2.89. The Morgan fingerprint density at radius 1 is 1.07 bits per heavy atom. The number of hydrogen-bond acceptors (Lipinski definition) is 2. The van der Waals surface area contributed by atoms with E-state index in [4.69, 9.17) is 9.47 Å². The summed E-state index contributed by atoms with van der Waals surface area (Å²) < 4.78 is 12.1.